The SMILES string of the molecule is CCCCCCCC(=O)N(CCOC)CC(=O)N(Cc1ccc(F)cc1)Cc1cccs1. The molecule has 0 fully saturated rings. The van der Waals surface area contributed by atoms with Gasteiger partial charge in [-0.05, 0) is 35.6 Å². The molecule has 0 saturated heterocycles. The minimum atomic E-state index is -0.305. The fourth-order valence-electron chi connectivity index (χ4n) is 3.43. The van der Waals surface area contributed by atoms with Crippen LogP contribution in [0.2, 0.25) is 0 Å². The van der Waals surface area contributed by atoms with Gasteiger partial charge in [0.15, 0.2) is 0 Å². The number of thiophene rings is 1. The molecule has 0 aliphatic carbocycles. The minimum Gasteiger partial charge on any atom is -0.383 e. The maximum absolute atomic E-state index is 13.3. The quantitative estimate of drug-likeness (QED) is 0.340. The summed E-state index contributed by atoms with van der Waals surface area (Å²) in [5.74, 6) is -0.442. The first-order valence-corrected chi connectivity index (χ1v) is 12.2. The third kappa shape index (κ3) is 9.49. The van der Waals surface area contributed by atoms with E-state index in [2.05, 4.69) is 6.92 Å². The molecule has 2 amide bonds. The Hall–Kier alpha value is -2.25. The van der Waals surface area contributed by atoms with Gasteiger partial charge in [0.05, 0.1) is 19.7 Å². The molecule has 1 aromatic carbocycles. The maximum atomic E-state index is 13.3. The third-order valence-electron chi connectivity index (χ3n) is 5.30. The van der Waals surface area contributed by atoms with E-state index in [4.69, 9.17) is 4.74 Å². The van der Waals surface area contributed by atoms with E-state index in [-0.39, 0.29) is 24.2 Å². The number of ether oxygens (including phenoxy) is 1. The lowest BCUT2D eigenvalue weighted by Gasteiger charge is -2.27. The van der Waals surface area contributed by atoms with Gasteiger partial charge in [-0.15, -0.1) is 11.3 Å². The predicted octanol–water partition coefficient (Wildman–Crippen LogP) is 5.25. The summed E-state index contributed by atoms with van der Waals surface area (Å²) in [6.45, 7) is 3.77. The topological polar surface area (TPSA) is 49.9 Å². The van der Waals surface area contributed by atoms with E-state index in [0.717, 1.165) is 36.1 Å². The molecule has 2 rings (SSSR count). The highest BCUT2D eigenvalue weighted by Gasteiger charge is 2.22. The van der Waals surface area contributed by atoms with Crippen molar-refractivity contribution in [2.45, 2.75) is 58.5 Å². The van der Waals surface area contributed by atoms with Crippen LogP contribution in [-0.2, 0) is 27.4 Å². The average molecular weight is 463 g/mol. The normalized spacial score (nSPS) is 10.8. The molecule has 0 radical (unpaired) electrons. The summed E-state index contributed by atoms with van der Waals surface area (Å²) in [5, 5.41) is 1.98. The highest BCUT2D eigenvalue weighted by molar-refractivity contribution is 7.09. The first-order valence-electron chi connectivity index (χ1n) is 11.3. The summed E-state index contributed by atoms with van der Waals surface area (Å²) in [7, 11) is 1.59. The number of nitrogens with zero attached hydrogens (tertiary/aromatic N) is 2. The number of halogens is 1. The van der Waals surface area contributed by atoms with Crippen molar-refractivity contribution in [3.05, 3.63) is 58.0 Å². The molecule has 0 aliphatic heterocycles. The lowest BCUT2D eigenvalue weighted by molar-refractivity contribution is -0.141. The Bertz CT molecular complexity index is 796. The van der Waals surface area contributed by atoms with Crippen molar-refractivity contribution < 1.29 is 18.7 Å². The second kappa shape index (κ2) is 14.7. The van der Waals surface area contributed by atoms with Gasteiger partial charge in [-0.1, -0.05) is 50.8 Å². The number of hydrogen-bond acceptors (Lipinski definition) is 4. The number of unbranched alkanes of at least 4 members (excludes halogenated alkanes) is 4. The van der Waals surface area contributed by atoms with Gasteiger partial charge < -0.3 is 14.5 Å². The fourth-order valence-corrected chi connectivity index (χ4v) is 4.15. The van der Waals surface area contributed by atoms with Crippen LogP contribution in [-0.4, -0.2) is 48.4 Å². The van der Waals surface area contributed by atoms with E-state index in [9.17, 15) is 14.0 Å². The van der Waals surface area contributed by atoms with Crippen molar-refractivity contribution in [1.29, 1.82) is 0 Å². The largest absolute Gasteiger partial charge is 0.383 e. The highest BCUT2D eigenvalue weighted by atomic mass is 32.1. The lowest BCUT2D eigenvalue weighted by atomic mass is 10.1. The second-order valence-corrected chi connectivity index (χ2v) is 8.96. The minimum absolute atomic E-state index is 0.00949. The van der Waals surface area contributed by atoms with Gasteiger partial charge in [-0.25, -0.2) is 4.39 Å². The van der Waals surface area contributed by atoms with Gasteiger partial charge >= 0.3 is 0 Å². The van der Waals surface area contributed by atoms with Crippen LogP contribution in [0.3, 0.4) is 0 Å². The molecule has 0 unspecified atom stereocenters. The monoisotopic (exact) mass is 462 g/mol. The zero-order chi connectivity index (χ0) is 23.2. The lowest BCUT2D eigenvalue weighted by Crippen LogP contribution is -2.43. The van der Waals surface area contributed by atoms with Crippen molar-refractivity contribution in [1.82, 2.24) is 9.80 Å². The second-order valence-electron chi connectivity index (χ2n) is 7.93. The third-order valence-corrected chi connectivity index (χ3v) is 6.17. The molecule has 0 bridgehead atoms. The van der Waals surface area contributed by atoms with Crippen LogP contribution in [0.4, 0.5) is 4.39 Å². The molecule has 0 saturated carbocycles. The number of amides is 2. The molecular weight excluding hydrogens is 427 g/mol. The molecule has 0 spiro atoms. The summed E-state index contributed by atoms with van der Waals surface area (Å²) < 4.78 is 18.5. The van der Waals surface area contributed by atoms with Gasteiger partial charge in [-0.3, -0.25) is 9.59 Å². The van der Waals surface area contributed by atoms with E-state index >= 15 is 0 Å². The molecule has 5 nitrogen and oxygen atoms in total. The molecule has 176 valence electrons. The zero-order valence-corrected chi connectivity index (χ0v) is 20.0. The Labute approximate surface area is 195 Å². The van der Waals surface area contributed by atoms with Crippen molar-refractivity contribution in [2.75, 3.05) is 26.8 Å². The van der Waals surface area contributed by atoms with E-state index in [1.807, 2.05) is 17.5 Å². The summed E-state index contributed by atoms with van der Waals surface area (Å²) in [4.78, 5) is 30.5. The van der Waals surface area contributed by atoms with Crippen LogP contribution in [0.15, 0.2) is 41.8 Å². The van der Waals surface area contributed by atoms with E-state index < -0.39 is 0 Å². The van der Waals surface area contributed by atoms with Crippen molar-refractivity contribution >= 4 is 23.2 Å². The molecule has 0 N–H and O–H groups in total. The van der Waals surface area contributed by atoms with E-state index in [1.54, 1.807) is 40.4 Å². The molecule has 0 atom stereocenters. The van der Waals surface area contributed by atoms with Crippen molar-refractivity contribution in [3.63, 3.8) is 0 Å². The summed E-state index contributed by atoms with van der Waals surface area (Å²) in [6.07, 6.45) is 5.79. The Kier molecular flexibility index (Phi) is 12.0. The smallest absolute Gasteiger partial charge is 0.242 e. The van der Waals surface area contributed by atoms with Crippen LogP contribution in [0.5, 0.6) is 0 Å². The highest BCUT2D eigenvalue weighted by Crippen LogP contribution is 2.16. The standard InChI is InChI=1S/C25H35FN2O3S/c1-3-4-5-6-7-10-24(29)27(15-16-31-2)20-25(30)28(19-23-9-8-17-32-23)18-21-11-13-22(26)14-12-21/h8-9,11-14,17H,3-7,10,15-16,18-20H2,1-2H3. The van der Waals surface area contributed by atoms with Crippen LogP contribution in [0.25, 0.3) is 0 Å². The number of carbonyl (C=O) groups excluding carboxylic acids is 2. The summed E-state index contributed by atoms with van der Waals surface area (Å²) in [5.41, 5.74) is 0.849. The number of rotatable bonds is 15. The Morgan fingerprint density at radius 2 is 1.72 bits per heavy atom. The first-order chi connectivity index (χ1) is 15.5. The molecule has 1 aromatic heterocycles. The predicted molar refractivity (Wildman–Crippen MR) is 127 cm³/mol. The number of methoxy groups -OCH3 is 1. The molecule has 7 heteroatoms. The van der Waals surface area contributed by atoms with Gasteiger partial charge in [0.25, 0.3) is 0 Å². The van der Waals surface area contributed by atoms with Crippen molar-refractivity contribution in [3.8, 4) is 0 Å². The molecule has 32 heavy (non-hydrogen) atoms. The molecular formula is C25H35FN2O3S. The molecule has 1 heterocycles. The number of benzene rings is 1. The Morgan fingerprint density at radius 3 is 2.38 bits per heavy atom. The van der Waals surface area contributed by atoms with Gasteiger partial charge in [0, 0.05) is 31.5 Å². The van der Waals surface area contributed by atoms with Crippen LogP contribution in [0.1, 0.15) is 55.9 Å². The Morgan fingerprint density at radius 1 is 0.969 bits per heavy atom. The first kappa shape index (κ1) is 26.0. The maximum Gasteiger partial charge on any atom is 0.242 e. The molecule has 0 aliphatic rings. The summed E-state index contributed by atoms with van der Waals surface area (Å²) in [6, 6.07) is 10.1. The summed E-state index contributed by atoms with van der Waals surface area (Å²) >= 11 is 1.58. The Balaban J connectivity index is 2.04. The van der Waals surface area contributed by atoms with Crippen molar-refractivity contribution in [2.24, 2.45) is 0 Å². The van der Waals surface area contributed by atoms with Gasteiger partial charge in [0.1, 0.15) is 5.82 Å². The van der Waals surface area contributed by atoms with Gasteiger partial charge in [0.2, 0.25) is 11.8 Å². The van der Waals surface area contributed by atoms with Crippen LogP contribution < -0.4 is 0 Å². The van der Waals surface area contributed by atoms with Crippen LogP contribution in [0, 0.1) is 5.82 Å². The fraction of sp³-hybridized carbons (Fsp3) is 0.520. The van der Waals surface area contributed by atoms with Crippen LogP contribution >= 0.6 is 11.3 Å². The zero-order valence-electron chi connectivity index (χ0n) is 19.2. The van der Waals surface area contributed by atoms with Gasteiger partial charge in [-0.2, -0.15) is 0 Å². The van der Waals surface area contributed by atoms with E-state index in [1.165, 1.54) is 18.6 Å². The number of hydrogen-bond donors (Lipinski definition) is 0. The average Bonchev–Trinajstić information content (AvgIpc) is 3.30. The van der Waals surface area contributed by atoms with E-state index in [0.29, 0.717) is 32.7 Å². The number of carbonyl (C=O) groups is 2. The molecule has 2 aromatic rings.